The van der Waals surface area contributed by atoms with Crippen molar-refractivity contribution >= 4 is 5.78 Å². The highest BCUT2D eigenvalue weighted by Crippen LogP contribution is 2.16. The van der Waals surface area contributed by atoms with E-state index in [4.69, 9.17) is 4.74 Å². The molecule has 3 aromatic rings. The Bertz CT molecular complexity index is 817. The van der Waals surface area contributed by atoms with Crippen molar-refractivity contribution in [3.63, 3.8) is 0 Å². The summed E-state index contributed by atoms with van der Waals surface area (Å²) in [6.07, 6.45) is 4.34. The van der Waals surface area contributed by atoms with Gasteiger partial charge in [-0.15, -0.1) is 0 Å². The molecule has 0 aliphatic rings. The molecule has 1 N–H and O–H groups in total. The number of hydrogen-bond donors (Lipinski definition) is 1. The highest BCUT2D eigenvalue weighted by Gasteiger charge is 2.09. The zero-order chi connectivity index (χ0) is 18.2. The van der Waals surface area contributed by atoms with Crippen molar-refractivity contribution in [3.8, 4) is 5.75 Å². The molecule has 26 heavy (non-hydrogen) atoms. The molecule has 4 nitrogen and oxygen atoms in total. The van der Waals surface area contributed by atoms with E-state index in [0.717, 1.165) is 12.0 Å². The minimum absolute atomic E-state index is 0.0198. The predicted octanol–water partition coefficient (Wildman–Crippen LogP) is 3.69. The van der Waals surface area contributed by atoms with Crippen molar-refractivity contribution in [2.75, 3.05) is 6.61 Å². The van der Waals surface area contributed by atoms with E-state index in [2.05, 4.69) is 4.98 Å². The molecule has 0 radical (unpaired) electrons. The summed E-state index contributed by atoms with van der Waals surface area (Å²) < 4.78 is 5.62. The van der Waals surface area contributed by atoms with Gasteiger partial charge in [0.2, 0.25) is 0 Å². The van der Waals surface area contributed by atoms with Crippen LogP contribution in [0.3, 0.4) is 0 Å². The Morgan fingerprint density at radius 3 is 2.38 bits per heavy atom. The zero-order valence-electron chi connectivity index (χ0n) is 14.4. The van der Waals surface area contributed by atoms with Crippen LogP contribution in [0.1, 0.15) is 27.9 Å². The van der Waals surface area contributed by atoms with Gasteiger partial charge in [0.05, 0.1) is 6.10 Å². The maximum atomic E-state index is 12.4. The fourth-order valence-corrected chi connectivity index (χ4v) is 2.61. The van der Waals surface area contributed by atoms with E-state index >= 15 is 0 Å². The number of nitrogens with zero attached hydrogens (tertiary/aromatic N) is 1. The first-order valence-corrected chi connectivity index (χ1v) is 8.62. The normalized spacial score (nSPS) is 11.7. The molecule has 0 fully saturated rings. The van der Waals surface area contributed by atoms with E-state index < -0.39 is 6.10 Å². The molecular weight excluding hydrogens is 326 g/mol. The van der Waals surface area contributed by atoms with Gasteiger partial charge in [0, 0.05) is 23.5 Å². The number of carbonyl (C=O) groups excluding carboxylic acids is 1. The van der Waals surface area contributed by atoms with E-state index in [9.17, 15) is 9.90 Å². The lowest BCUT2D eigenvalue weighted by Crippen LogP contribution is -2.18. The SMILES string of the molecule is O=C(c1ccccc1)c1ccc(OCC(O)CCc2cccnc2)cc1. The molecular formula is C22H21NO3. The third-order valence-electron chi connectivity index (χ3n) is 4.08. The molecule has 0 amide bonds. The van der Waals surface area contributed by atoms with Gasteiger partial charge in [0.25, 0.3) is 0 Å². The lowest BCUT2D eigenvalue weighted by Gasteiger charge is -2.12. The zero-order valence-corrected chi connectivity index (χ0v) is 14.4. The Hall–Kier alpha value is -2.98. The highest BCUT2D eigenvalue weighted by atomic mass is 16.5. The molecule has 0 spiro atoms. The van der Waals surface area contributed by atoms with Crippen LogP contribution in [0.25, 0.3) is 0 Å². The summed E-state index contributed by atoms with van der Waals surface area (Å²) in [4.78, 5) is 16.4. The van der Waals surface area contributed by atoms with Gasteiger partial charge in [-0.2, -0.15) is 0 Å². The van der Waals surface area contributed by atoms with Gasteiger partial charge < -0.3 is 9.84 Å². The van der Waals surface area contributed by atoms with Gasteiger partial charge in [-0.3, -0.25) is 9.78 Å². The minimum atomic E-state index is -0.555. The van der Waals surface area contributed by atoms with Gasteiger partial charge in [-0.25, -0.2) is 0 Å². The van der Waals surface area contributed by atoms with Crippen molar-refractivity contribution < 1.29 is 14.6 Å². The lowest BCUT2D eigenvalue weighted by molar-refractivity contribution is 0.0999. The molecule has 0 aliphatic carbocycles. The fourth-order valence-electron chi connectivity index (χ4n) is 2.61. The maximum Gasteiger partial charge on any atom is 0.193 e. The monoisotopic (exact) mass is 347 g/mol. The summed E-state index contributed by atoms with van der Waals surface area (Å²) in [6.45, 7) is 0.215. The van der Waals surface area contributed by atoms with Crippen LogP contribution >= 0.6 is 0 Å². The number of benzene rings is 2. The summed E-state index contributed by atoms with van der Waals surface area (Å²) in [5, 5.41) is 10.1. The van der Waals surface area contributed by atoms with Crippen molar-refractivity contribution in [1.82, 2.24) is 4.98 Å². The molecule has 0 saturated heterocycles. The van der Waals surface area contributed by atoms with Crippen molar-refractivity contribution in [3.05, 3.63) is 95.8 Å². The van der Waals surface area contributed by atoms with Crippen LogP contribution in [0, 0.1) is 0 Å². The number of pyridine rings is 1. The van der Waals surface area contributed by atoms with Crippen LogP contribution in [0.5, 0.6) is 5.75 Å². The van der Waals surface area contributed by atoms with Crippen molar-refractivity contribution in [2.24, 2.45) is 0 Å². The predicted molar refractivity (Wildman–Crippen MR) is 100 cm³/mol. The number of aliphatic hydroxyl groups is 1. The minimum Gasteiger partial charge on any atom is -0.491 e. The molecule has 0 bridgehead atoms. The summed E-state index contributed by atoms with van der Waals surface area (Å²) in [5.74, 6) is 0.615. The van der Waals surface area contributed by atoms with Gasteiger partial charge in [0.1, 0.15) is 12.4 Å². The fraction of sp³-hybridized carbons (Fsp3) is 0.182. The van der Waals surface area contributed by atoms with Gasteiger partial charge >= 0.3 is 0 Å². The first-order valence-electron chi connectivity index (χ1n) is 8.62. The average Bonchev–Trinajstić information content (AvgIpc) is 2.72. The highest BCUT2D eigenvalue weighted by molar-refractivity contribution is 6.08. The Labute approximate surface area is 153 Å². The summed E-state index contributed by atoms with van der Waals surface area (Å²) >= 11 is 0. The van der Waals surface area contributed by atoms with Crippen LogP contribution in [0.4, 0.5) is 0 Å². The quantitative estimate of drug-likeness (QED) is 0.632. The largest absolute Gasteiger partial charge is 0.491 e. The molecule has 1 unspecified atom stereocenters. The van der Waals surface area contributed by atoms with Crippen LogP contribution in [0.2, 0.25) is 0 Å². The third kappa shape index (κ3) is 5.01. The third-order valence-corrected chi connectivity index (χ3v) is 4.08. The van der Waals surface area contributed by atoms with E-state index in [1.54, 1.807) is 48.8 Å². The second-order valence-corrected chi connectivity index (χ2v) is 6.08. The van der Waals surface area contributed by atoms with Gasteiger partial charge in [0.15, 0.2) is 5.78 Å². The first kappa shape index (κ1) is 17.8. The van der Waals surface area contributed by atoms with Crippen molar-refractivity contribution in [1.29, 1.82) is 0 Å². The molecule has 3 rings (SSSR count). The molecule has 1 heterocycles. The first-order chi connectivity index (χ1) is 12.7. The topological polar surface area (TPSA) is 59.4 Å². The Kier molecular flexibility index (Phi) is 6.12. The Balaban J connectivity index is 1.49. The van der Waals surface area contributed by atoms with E-state index in [0.29, 0.717) is 23.3 Å². The Morgan fingerprint density at radius 1 is 0.962 bits per heavy atom. The molecule has 0 aliphatic heterocycles. The summed E-state index contributed by atoms with van der Waals surface area (Å²) in [7, 11) is 0. The molecule has 132 valence electrons. The molecule has 2 aromatic carbocycles. The maximum absolute atomic E-state index is 12.4. The van der Waals surface area contributed by atoms with Gasteiger partial charge in [-0.05, 0) is 48.7 Å². The average molecular weight is 347 g/mol. The number of aryl methyl sites for hydroxylation is 1. The molecule has 1 aromatic heterocycles. The van der Waals surface area contributed by atoms with Crippen LogP contribution < -0.4 is 4.74 Å². The van der Waals surface area contributed by atoms with E-state index in [1.807, 2.05) is 30.3 Å². The number of carbonyl (C=O) groups is 1. The summed E-state index contributed by atoms with van der Waals surface area (Å²) in [5.41, 5.74) is 2.36. The van der Waals surface area contributed by atoms with Crippen LogP contribution in [-0.2, 0) is 6.42 Å². The van der Waals surface area contributed by atoms with Crippen LogP contribution in [0.15, 0.2) is 79.1 Å². The number of hydrogen-bond acceptors (Lipinski definition) is 4. The Morgan fingerprint density at radius 2 is 1.69 bits per heavy atom. The number of rotatable bonds is 8. The number of ketones is 1. The summed E-state index contributed by atoms with van der Waals surface area (Å²) in [6, 6.07) is 20.0. The smallest absolute Gasteiger partial charge is 0.193 e. The van der Waals surface area contributed by atoms with Crippen LogP contribution in [-0.4, -0.2) is 28.6 Å². The lowest BCUT2D eigenvalue weighted by atomic mass is 10.0. The standard InChI is InChI=1S/C22H21NO3/c24-20(11-8-17-5-4-14-23-15-17)16-26-21-12-9-19(10-13-21)22(25)18-6-2-1-3-7-18/h1-7,9-10,12-15,20,24H,8,11,16H2. The number of ether oxygens (including phenoxy) is 1. The van der Waals surface area contributed by atoms with Crippen molar-refractivity contribution in [2.45, 2.75) is 18.9 Å². The molecule has 1 atom stereocenters. The van der Waals surface area contributed by atoms with E-state index in [-0.39, 0.29) is 12.4 Å². The number of aliphatic hydroxyl groups excluding tert-OH is 1. The van der Waals surface area contributed by atoms with E-state index in [1.165, 1.54) is 0 Å². The number of aromatic nitrogens is 1. The molecule has 4 heteroatoms. The molecule has 0 saturated carbocycles. The second-order valence-electron chi connectivity index (χ2n) is 6.08. The second kappa shape index (κ2) is 8.92. The van der Waals surface area contributed by atoms with Gasteiger partial charge in [-0.1, -0.05) is 36.4 Å².